The molecule has 1 rings (SSSR count). The van der Waals surface area contributed by atoms with E-state index in [2.05, 4.69) is 5.32 Å². The molecule has 0 aliphatic heterocycles. The summed E-state index contributed by atoms with van der Waals surface area (Å²) in [5.41, 5.74) is -0.836. The zero-order valence-electron chi connectivity index (χ0n) is 12.3. The summed E-state index contributed by atoms with van der Waals surface area (Å²) in [5, 5.41) is 12.5. The van der Waals surface area contributed by atoms with E-state index in [1.54, 1.807) is 32.8 Å². The number of amides is 2. The van der Waals surface area contributed by atoms with E-state index in [1.807, 2.05) is 0 Å². The van der Waals surface area contributed by atoms with E-state index in [-0.39, 0.29) is 24.9 Å². The van der Waals surface area contributed by atoms with Crippen LogP contribution in [-0.4, -0.2) is 72.1 Å². The molecule has 1 aliphatic carbocycles. The molecule has 0 heterocycles. The average molecular weight is 271 g/mol. The Hall–Kier alpha value is -1.14. The van der Waals surface area contributed by atoms with Gasteiger partial charge in [0, 0.05) is 19.6 Å². The summed E-state index contributed by atoms with van der Waals surface area (Å²) in [6.07, 6.45) is 2.08. The first-order valence-corrected chi connectivity index (χ1v) is 6.61. The van der Waals surface area contributed by atoms with Crippen molar-refractivity contribution in [2.24, 2.45) is 0 Å². The van der Waals surface area contributed by atoms with E-state index in [9.17, 15) is 14.7 Å². The lowest BCUT2D eigenvalue weighted by Crippen LogP contribution is -2.45. The lowest BCUT2D eigenvalue weighted by atomic mass is 10.1. The molecule has 0 atom stereocenters. The minimum atomic E-state index is -0.836. The van der Waals surface area contributed by atoms with Crippen molar-refractivity contribution in [3.63, 3.8) is 0 Å². The fraction of sp³-hybridized carbons (Fsp3) is 0.846. The van der Waals surface area contributed by atoms with E-state index in [0.717, 1.165) is 12.8 Å². The monoisotopic (exact) mass is 271 g/mol. The largest absolute Gasteiger partial charge is 0.389 e. The molecule has 0 bridgehead atoms. The van der Waals surface area contributed by atoms with Gasteiger partial charge in [0.2, 0.25) is 11.8 Å². The molecule has 6 heteroatoms. The van der Waals surface area contributed by atoms with Crippen LogP contribution < -0.4 is 5.32 Å². The molecule has 2 N–H and O–H groups in total. The number of carbonyl (C=O) groups is 2. The van der Waals surface area contributed by atoms with Crippen molar-refractivity contribution in [2.45, 2.75) is 38.3 Å². The first kappa shape index (κ1) is 15.9. The van der Waals surface area contributed by atoms with E-state index in [4.69, 9.17) is 0 Å². The topological polar surface area (TPSA) is 72.9 Å². The highest BCUT2D eigenvalue weighted by Gasteiger charge is 2.25. The Morgan fingerprint density at radius 1 is 1.26 bits per heavy atom. The van der Waals surface area contributed by atoms with Crippen molar-refractivity contribution in [3.8, 4) is 0 Å². The van der Waals surface area contributed by atoms with Crippen LogP contribution in [0, 0.1) is 0 Å². The van der Waals surface area contributed by atoms with Gasteiger partial charge in [-0.1, -0.05) is 0 Å². The third-order valence-corrected chi connectivity index (χ3v) is 2.81. The summed E-state index contributed by atoms with van der Waals surface area (Å²) in [6.45, 7) is 4.07. The Kier molecular flexibility index (Phi) is 5.31. The lowest BCUT2D eigenvalue weighted by molar-refractivity contribution is -0.135. The highest BCUT2D eigenvalue weighted by atomic mass is 16.3. The van der Waals surface area contributed by atoms with E-state index in [0.29, 0.717) is 12.6 Å². The number of nitrogens with one attached hydrogen (secondary N) is 1. The van der Waals surface area contributed by atoms with Crippen molar-refractivity contribution in [3.05, 3.63) is 0 Å². The zero-order valence-corrected chi connectivity index (χ0v) is 12.3. The maximum Gasteiger partial charge on any atom is 0.239 e. The van der Waals surface area contributed by atoms with Gasteiger partial charge in [-0.25, -0.2) is 0 Å². The van der Waals surface area contributed by atoms with Gasteiger partial charge in [-0.2, -0.15) is 0 Å². The number of carbonyl (C=O) groups excluding carboxylic acids is 2. The van der Waals surface area contributed by atoms with Crippen LogP contribution in [0.5, 0.6) is 0 Å². The third-order valence-electron chi connectivity index (χ3n) is 2.81. The first-order valence-electron chi connectivity index (χ1n) is 6.61. The Balaban J connectivity index is 2.28. The van der Waals surface area contributed by atoms with E-state index >= 15 is 0 Å². The molecule has 0 spiro atoms. The second kappa shape index (κ2) is 6.34. The number of aliphatic hydroxyl groups is 1. The zero-order chi connectivity index (χ0) is 14.6. The van der Waals surface area contributed by atoms with Crippen molar-refractivity contribution in [1.82, 2.24) is 15.1 Å². The standard InChI is InChI=1S/C13H25N3O3/c1-13(2,19)9-15(3)8-12(18)16(4)7-11(17)14-10-5-6-10/h10,19H,5-9H2,1-4H3,(H,14,17). The Bertz CT molecular complexity index is 335. The quantitative estimate of drug-likeness (QED) is 0.650. The average Bonchev–Trinajstić information content (AvgIpc) is 2.97. The molecule has 1 fully saturated rings. The number of likely N-dealkylation sites (N-methyl/N-ethyl adjacent to an activating group) is 2. The van der Waals surface area contributed by atoms with Gasteiger partial charge >= 0.3 is 0 Å². The molecule has 1 saturated carbocycles. The molecule has 1 aliphatic rings. The highest BCUT2D eigenvalue weighted by Crippen LogP contribution is 2.18. The van der Waals surface area contributed by atoms with Gasteiger partial charge in [0.05, 0.1) is 18.7 Å². The van der Waals surface area contributed by atoms with E-state index in [1.165, 1.54) is 4.90 Å². The fourth-order valence-corrected chi connectivity index (χ4v) is 1.87. The second-order valence-corrected chi connectivity index (χ2v) is 6.08. The summed E-state index contributed by atoms with van der Waals surface area (Å²) < 4.78 is 0. The van der Waals surface area contributed by atoms with Gasteiger partial charge in [0.25, 0.3) is 0 Å². The van der Waals surface area contributed by atoms with Crippen LogP contribution in [0.15, 0.2) is 0 Å². The number of nitrogens with zero attached hydrogens (tertiary/aromatic N) is 2. The molecule has 19 heavy (non-hydrogen) atoms. The summed E-state index contributed by atoms with van der Waals surface area (Å²) >= 11 is 0. The van der Waals surface area contributed by atoms with Crippen molar-refractivity contribution < 1.29 is 14.7 Å². The first-order chi connectivity index (χ1) is 8.67. The molecule has 0 aromatic heterocycles. The predicted octanol–water partition coefficient (Wildman–Crippen LogP) is -0.574. The predicted molar refractivity (Wildman–Crippen MR) is 72.6 cm³/mol. The van der Waals surface area contributed by atoms with Gasteiger partial charge < -0.3 is 15.3 Å². The fourth-order valence-electron chi connectivity index (χ4n) is 1.87. The van der Waals surface area contributed by atoms with Crippen LogP contribution in [0.25, 0.3) is 0 Å². The van der Waals surface area contributed by atoms with Crippen LogP contribution in [-0.2, 0) is 9.59 Å². The van der Waals surface area contributed by atoms with Gasteiger partial charge in [-0.05, 0) is 33.7 Å². The van der Waals surface area contributed by atoms with Crippen LogP contribution in [0.3, 0.4) is 0 Å². The lowest BCUT2D eigenvalue weighted by Gasteiger charge is -2.26. The van der Waals surface area contributed by atoms with Crippen LogP contribution >= 0.6 is 0 Å². The summed E-state index contributed by atoms with van der Waals surface area (Å²) in [4.78, 5) is 26.6. The maximum atomic E-state index is 11.9. The molecule has 0 aromatic rings. The Morgan fingerprint density at radius 2 is 1.84 bits per heavy atom. The van der Waals surface area contributed by atoms with Crippen molar-refractivity contribution >= 4 is 11.8 Å². The number of hydrogen-bond acceptors (Lipinski definition) is 4. The molecule has 0 aromatic carbocycles. The number of hydrogen-bond donors (Lipinski definition) is 2. The normalized spacial score (nSPS) is 15.5. The Labute approximate surface area is 114 Å². The smallest absolute Gasteiger partial charge is 0.239 e. The maximum absolute atomic E-state index is 11.9. The highest BCUT2D eigenvalue weighted by molar-refractivity contribution is 5.85. The van der Waals surface area contributed by atoms with Crippen molar-refractivity contribution in [2.75, 3.05) is 33.7 Å². The molecule has 0 saturated heterocycles. The van der Waals surface area contributed by atoms with Crippen LogP contribution in [0.4, 0.5) is 0 Å². The van der Waals surface area contributed by atoms with Crippen LogP contribution in [0.2, 0.25) is 0 Å². The minimum absolute atomic E-state index is 0.0890. The molecule has 2 amide bonds. The van der Waals surface area contributed by atoms with Gasteiger partial charge in [-0.15, -0.1) is 0 Å². The SMILES string of the molecule is CN(CC(=O)N(C)CC(=O)NC1CC1)CC(C)(C)O. The molecule has 0 radical (unpaired) electrons. The Morgan fingerprint density at radius 3 is 2.32 bits per heavy atom. The molecule has 0 unspecified atom stereocenters. The third kappa shape index (κ3) is 7.12. The molecular formula is C13H25N3O3. The molecular weight excluding hydrogens is 246 g/mol. The number of rotatable bonds is 7. The minimum Gasteiger partial charge on any atom is -0.389 e. The van der Waals surface area contributed by atoms with Gasteiger partial charge in [0.1, 0.15) is 0 Å². The van der Waals surface area contributed by atoms with Gasteiger partial charge in [-0.3, -0.25) is 14.5 Å². The van der Waals surface area contributed by atoms with Crippen LogP contribution in [0.1, 0.15) is 26.7 Å². The van der Waals surface area contributed by atoms with Crippen molar-refractivity contribution in [1.29, 1.82) is 0 Å². The summed E-state index contributed by atoms with van der Waals surface area (Å²) in [6, 6.07) is 0.314. The molecule has 110 valence electrons. The van der Waals surface area contributed by atoms with Gasteiger partial charge in [0.15, 0.2) is 0 Å². The second-order valence-electron chi connectivity index (χ2n) is 6.08. The summed E-state index contributed by atoms with van der Waals surface area (Å²) in [7, 11) is 3.39. The van der Waals surface area contributed by atoms with E-state index < -0.39 is 5.60 Å². The summed E-state index contributed by atoms with van der Waals surface area (Å²) in [5.74, 6) is -0.235. The molecule has 6 nitrogen and oxygen atoms in total.